The molecular formula is C37H34N2O6P+. The number of carbonyl (C=O) groups is 3. The van der Waals surface area contributed by atoms with Gasteiger partial charge in [0.25, 0.3) is 11.7 Å². The minimum Gasteiger partial charge on any atom is -0.478 e. The van der Waals surface area contributed by atoms with Gasteiger partial charge in [-0.3, -0.25) is 9.59 Å². The van der Waals surface area contributed by atoms with Crippen LogP contribution in [0, 0.1) is 0 Å². The monoisotopic (exact) mass is 633 g/mol. The number of aliphatic hydroxyl groups excluding tert-OH is 1. The number of amides is 1. The van der Waals surface area contributed by atoms with Crippen LogP contribution in [0.4, 0.5) is 0 Å². The third-order valence-electron chi connectivity index (χ3n) is 7.68. The van der Waals surface area contributed by atoms with E-state index < -0.39 is 36.9 Å². The lowest BCUT2D eigenvalue weighted by atomic mass is 10.2. The van der Waals surface area contributed by atoms with Gasteiger partial charge in [-0.15, -0.1) is 0 Å². The molecule has 2 N–H and O–H groups in total. The number of hydrogen-bond donors (Lipinski definition) is 2. The molecule has 0 spiro atoms. The number of rotatable bonds is 12. The highest BCUT2D eigenvalue weighted by Gasteiger charge is 2.57. The largest absolute Gasteiger partial charge is 0.478 e. The van der Waals surface area contributed by atoms with Crippen LogP contribution in [0.25, 0.3) is 0 Å². The van der Waals surface area contributed by atoms with E-state index in [0.717, 1.165) is 21.5 Å². The molecule has 0 saturated carbocycles. The van der Waals surface area contributed by atoms with Crippen LogP contribution in [-0.4, -0.2) is 41.6 Å². The van der Waals surface area contributed by atoms with Crippen molar-refractivity contribution in [3.63, 3.8) is 0 Å². The molecule has 1 aromatic heterocycles. The number of aromatic nitrogens is 1. The van der Waals surface area contributed by atoms with Crippen LogP contribution in [0.5, 0.6) is 0 Å². The first-order valence-corrected chi connectivity index (χ1v) is 16.4. The lowest BCUT2D eigenvalue weighted by Crippen LogP contribution is -2.39. The number of esters is 1. The van der Waals surface area contributed by atoms with Crippen molar-refractivity contribution in [3.05, 3.63) is 162 Å². The van der Waals surface area contributed by atoms with Crippen molar-refractivity contribution in [1.82, 2.24) is 9.88 Å². The first kappa shape index (κ1) is 31.9. The number of methoxy groups -OCH3 is 2. The van der Waals surface area contributed by atoms with Crippen molar-refractivity contribution >= 4 is 40.8 Å². The summed E-state index contributed by atoms with van der Waals surface area (Å²) < 4.78 is 12.3. The molecule has 0 aliphatic carbocycles. The van der Waals surface area contributed by atoms with E-state index in [2.05, 4.69) is 5.32 Å². The maximum absolute atomic E-state index is 14.0. The fourth-order valence-corrected chi connectivity index (χ4v) is 10.2. The third-order valence-corrected chi connectivity index (χ3v) is 12.1. The summed E-state index contributed by atoms with van der Waals surface area (Å²) in [5.41, 5.74) is 0.763. The summed E-state index contributed by atoms with van der Waals surface area (Å²) >= 11 is 0. The Morgan fingerprint density at radius 2 is 1.17 bits per heavy atom. The van der Waals surface area contributed by atoms with Gasteiger partial charge >= 0.3 is 11.9 Å². The summed E-state index contributed by atoms with van der Waals surface area (Å²) in [6.07, 6.45) is 1.53. The molecule has 4 aromatic carbocycles. The van der Waals surface area contributed by atoms with Crippen LogP contribution in [0.2, 0.25) is 0 Å². The van der Waals surface area contributed by atoms with Gasteiger partial charge in [-0.05, 0) is 54.1 Å². The second-order valence-electron chi connectivity index (χ2n) is 10.3. The molecule has 5 rings (SSSR count). The number of ketones is 1. The van der Waals surface area contributed by atoms with Gasteiger partial charge in [0, 0.05) is 12.7 Å². The Morgan fingerprint density at radius 1 is 0.696 bits per heavy atom. The van der Waals surface area contributed by atoms with Gasteiger partial charge in [0.1, 0.15) is 15.9 Å². The summed E-state index contributed by atoms with van der Waals surface area (Å²) in [5.74, 6) is -2.96. The first-order valence-electron chi connectivity index (χ1n) is 14.6. The minimum absolute atomic E-state index is 0.0605. The van der Waals surface area contributed by atoms with Crippen LogP contribution in [0.1, 0.15) is 22.1 Å². The van der Waals surface area contributed by atoms with Crippen molar-refractivity contribution in [2.24, 2.45) is 0 Å². The van der Waals surface area contributed by atoms with E-state index in [1.165, 1.54) is 31.0 Å². The number of hydrogen-bond acceptors (Lipinski definition) is 6. The van der Waals surface area contributed by atoms with Crippen LogP contribution in [0.15, 0.2) is 151 Å². The third kappa shape index (κ3) is 6.21. The molecule has 1 unspecified atom stereocenters. The quantitative estimate of drug-likeness (QED) is 0.0654. The van der Waals surface area contributed by atoms with Crippen molar-refractivity contribution in [2.45, 2.75) is 12.6 Å². The van der Waals surface area contributed by atoms with E-state index in [1.807, 2.05) is 121 Å². The lowest BCUT2D eigenvalue weighted by Gasteiger charge is -2.33. The molecule has 0 aliphatic heterocycles. The summed E-state index contributed by atoms with van der Waals surface area (Å²) in [4.78, 5) is 40.9. The standard InChI is InChI=1S/C37H33N2O6P/c1-44-36(42)32(39-25-15-24-31(39)33(40)35(41)38-26-27-16-7-3-8-17-27)34(37(43)45-2)46(28-18-9-4-10-19-28,29-20-11-5-12-21-29)30-22-13-6-14-23-30/h3-25,32H,26H2,1-2H3,(H-,38,41,43)/p+1/b37-34+. The van der Waals surface area contributed by atoms with E-state index in [0.29, 0.717) is 0 Å². The van der Waals surface area contributed by atoms with Gasteiger partial charge in [-0.2, -0.15) is 0 Å². The number of Topliss-reactive ketones (excluding diaryl/α,β-unsaturated/α-hetero) is 1. The predicted molar refractivity (Wildman–Crippen MR) is 180 cm³/mol. The zero-order valence-corrected chi connectivity index (χ0v) is 26.3. The smallest absolute Gasteiger partial charge is 0.337 e. The van der Waals surface area contributed by atoms with Crippen LogP contribution in [0.3, 0.4) is 0 Å². The highest BCUT2D eigenvalue weighted by molar-refractivity contribution is 7.99. The van der Waals surface area contributed by atoms with Gasteiger partial charge in [0.05, 0.1) is 19.9 Å². The molecule has 0 bridgehead atoms. The molecule has 8 nitrogen and oxygen atoms in total. The van der Waals surface area contributed by atoms with Crippen LogP contribution >= 0.6 is 7.26 Å². The lowest BCUT2D eigenvalue weighted by molar-refractivity contribution is -0.143. The average Bonchev–Trinajstić information content (AvgIpc) is 3.61. The Morgan fingerprint density at radius 3 is 1.63 bits per heavy atom. The Balaban J connectivity index is 1.75. The van der Waals surface area contributed by atoms with Crippen LogP contribution in [-0.2, 0) is 25.6 Å². The molecule has 0 saturated heterocycles. The second-order valence-corrected chi connectivity index (χ2v) is 13.7. The first-order chi connectivity index (χ1) is 22.4. The molecule has 0 radical (unpaired) electrons. The summed E-state index contributed by atoms with van der Waals surface area (Å²) in [7, 11) is -0.600. The molecule has 46 heavy (non-hydrogen) atoms. The van der Waals surface area contributed by atoms with E-state index in [4.69, 9.17) is 9.47 Å². The number of nitrogens with one attached hydrogen (secondary N) is 1. The molecule has 0 fully saturated rings. The second kappa shape index (κ2) is 14.5. The van der Waals surface area contributed by atoms with Gasteiger partial charge in [0.15, 0.2) is 13.3 Å². The Bertz CT molecular complexity index is 1730. The molecule has 9 heteroatoms. The Kier molecular flexibility index (Phi) is 10.1. The molecule has 0 aliphatic rings. The highest BCUT2D eigenvalue weighted by Crippen LogP contribution is 2.66. The fourth-order valence-electron chi connectivity index (χ4n) is 5.62. The van der Waals surface area contributed by atoms with E-state index in [9.17, 15) is 19.5 Å². The summed E-state index contributed by atoms with van der Waals surface area (Å²) in [6, 6.07) is 39.6. The van der Waals surface area contributed by atoms with E-state index in [1.54, 1.807) is 6.07 Å². The van der Waals surface area contributed by atoms with Gasteiger partial charge in [-0.25, -0.2) is 4.79 Å². The van der Waals surface area contributed by atoms with Crippen molar-refractivity contribution in [2.75, 3.05) is 14.2 Å². The van der Waals surface area contributed by atoms with Gasteiger partial charge < -0.3 is 24.5 Å². The summed E-state index contributed by atoms with van der Waals surface area (Å²) in [5, 5.41) is 17.1. The maximum Gasteiger partial charge on any atom is 0.337 e. The SMILES string of the molecule is COC(=O)C(/C(=C(/O)OC)[P+](c1ccccc1)(c1ccccc1)c1ccccc1)n1cccc1C(=O)C(=O)NCc1ccccc1. The number of aliphatic hydroxyl groups is 1. The summed E-state index contributed by atoms with van der Waals surface area (Å²) in [6.45, 7) is 0.146. The predicted octanol–water partition coefficient (Wildman–Crippen LogP) is 5.07. The zero-order valence-electron chi connectivity index (χ0n) is 25.4. The zero-order chi connectivity index (χ0) is 32.5. The molecule has 232 valence electrons. The number of ether oxygens (including phenoxy) is 2. The molecule has 5 aromatic rings. The number of nitrogens with zero attached hydrogens (tertiary/aromatic N) is 1. The van der Waals surface area contributed by atoms with Crippen molar-refractivity contribution in [3.8, 4) is 0 Å². The molecule has 1 amide bonds. The topological polar surface area (TPSA) is 107 Å². The Labute approximate surface area is 268 Å². The van der Waals surface area contributed by atoms with Crippen molar-refractivity contribution < 1.29 is 29.0 Å². The van der Waals surface area contributed by atoms with E-state index >= 15 is 0 Å². The Hall–Kier alpha value is -5.46. The highest BCUT2D eigenvalue weighted by atomic mass is 31.2. The fraction of sp³-hybridized carbons (Fsp3) is 0.108. The number of carbonyl (C=O) groups excluding carboxylic acids is 3. The van der Waals surface area contributed by atoms with E-state index in [-0.39, 0.29) is 17.6 Å². The van der Waals surface area contributed by atoms with Crippen molar-refractivity contribution in [1.29, 1.82) is 0 Å². The molecule has 1 heterocycles. The van der Waals surface area contributed by atoms with Gasteiger partial charge in [-0.1, -0.05) is 84.9 Å². The molecular weight excluding hydrogens is 599 g/mol. The normalized spacial score (nSPS) is 12.4. The molecule has 1 atom stereocenters. The minimum atomic E-state index is -3.16. The van der Waals surface area contributed by atoms with Gasteiger partial charge in [0.2, 0.25) is 5.31 Å². The maximum atomic E-state index is 14.0. The number of benzene rings is 4. The van der Waals surface area contributed by atoms with Crippen LogP contribution < -0.4 is 21.2 Å². The average molecular weight is 634 g/mol.